The van der Waals surface area contributed by atoms with Crippen LogP contribution in [0.5, 0.6) is 0 Å². The van der Waals surface area contributed by atoms with Gasteiger partial charge in [-0.25, -0.2) is 21.6 Å². The van der Waals surface area contributed by atoms with Gasteiger partial charge in [-0.15, -0.1) is 0 Å². The average Bonchev–Trinajstić information content (AvgIpc) is 2.78. The molecule has 0 atom stereocenters. The molecule has 0 radical (unpaired) electrons. The van der Waals surface area contributed by atoms with Crippen molar-refractivity contribution in [1.29, 1.82) is 0 Å². The van der Waals surface area contributed by atoms with Crippen LogP contribution in [0.4, 0.5) is 18.9 Å². The summed E-state index contributed by atoms with van der Waals surface area (Å²) in [6.45, 7) is 1.66. The van der Waals surface area contributed by atoms with Gasteiger partial charge in [0, 0.05) is 19.0 Å². The Morgan fingerprint density at radius 2 is 1.62 bits per heavy atom. The molecule has 7 nitrogen and oxygen atoms in total. The van der Waals surface area contributed by atoms with Gasteiger partial charge in [0.25, 0.3) is 0 Å². The van der Waals surface area contributed by atoms with Gasteiger partial charge < -0.3 is 10.6 Å². The van der Waals surface area contributed by atoms with E-state index in [-0.39, 0.29) is 30.8 Å². The van der Waals surface area contributed by atoms with Gasteiger partial charge in [0.05, 0.1) is 17.1 Å². The highest BCUT2D eigenvalue weighted by Crippen LogP contribution is 2.24. The number of nitrogens with one attached hydrogen (secondary N) is 2. The molecule has 1 aliphatic rings. The molecule has 172 valence electrons. The Labute approximate surface area is 183 Å². The van der Waals surface area contributed by atoms with E-state index in [4.69, 9.17) is 0 Å². The van der Waals surface area contributed by atoms with Gasteiger partial charge in [0.15, 0.2) is 17.5 Å². The van der Waals surface area contributed by atoms with Gasteiger partial charge in [0.1, 0.15) is 0 Å². The number of aryl methyl sites for hydroxylation is 1. The average molecular weight is 469 g/mol. The number of amides is 2. The number of hydrogen-bond acceptors (Lipinski definition) is 4. The topological polar surface area (TPSA) is 95.6 Å². The number of hydrogen-bond donors (Lipinski definition) is 2. The highest BCUT2D eigenvalue weighted by Gasteiger charge is 2.32. The maximum Gasteiger partial charge on any atom is 0.243 e. The van der Waals surface area contributed by atoms with Crippen LogP contribution in [-0.4, -0.2) is 44.2 Å². The number of rotatable bonds is 6. The molecule has 1 aliphatic heterocycles. The molecule has 0 saturated carbocycles. The molecule has 2 aromatic carbocycles. The van der Waals surface area contributed by atoms with Crippen LogP contribution >= 0.6 is 0 Å². The van der Waals surface area contributed by atoms with E-state index in [1.54, 1.807) is 12.1 Å². The molecular formula is C21H22F3N3O4S. The van der Waals surface area contributed by atoms with Crippen molar-refractivity contribution in [3.8, 4) is 0 Å². The smallest absolute Gasteiger partial charge is 0.243 e. The third kappa shape index (κ3) is 5.28. The lowest BCUT2D eigenvalue weighted by molar-refractivity contribution is -0.128. The minimum atomic E-state index is -3.65. The Hall–Kier alpha value is -2.92. The molecule has 3 rings (SSSR count). The predicted octanol–water partition coefficient (Wildman–Crippen LogP) is 2.57. The van der Waals surface area contributed by atoms with E-state index in [0.717, 1.165) is 11.6 Å². The number of anilines is 1. The van der Waals surface area contributed by atoms with Gasteiger partial charge in [0.2, 0.25) is 21.8 Å². The van der Waals surface area contributed by atoms with E-state index < -0.39 is 57.4 Å². The summed E-state index contributed by atoms with van der Waals surface area (Å²) in [7, 11) is -3.65. The molecule has 2 aromatic rings. The summed E-state index contributed by atoms with van der Waals surface area (Å²) in [5.74, 6) is -6.39. The Balaban J connectivity index is 1.50. The van der Waals surface area contributed by atoms with Crippen molar-refractivity contribution in [2.75, 3.05) is 25.0 Å². The summed E-state index contributed by atoms with van der Waals surface area (Å²) in [5, 5.41) is 4.46. The maximum absolute atomic E-state index is 13.6. The Bertz CT molecular complexity index is 1120. The first-order valence-electron chi connectivity index (χ1n) is 9.87. The van der Waals surface area contributed by atoms with Crippen LogP contribution in [0, 0.1) is 30.3 Å². The van der Waals surface area contributed by atoms with Gasteiger partial charge in [-0.05, 0) is 44.0 Å². The van der Waals surface area contributed by atoms with Crippen molar-refractivity contribution in [2.45, 2.75) is 24.7 Å². The summed E-state index contributed by atoms with van der Waals surface area (Å²) in [6, 6.07) is 8.05. The molecule has 1 saturated heterocycles. The lowest BCUT2D eigenvalue weighted by Gasteiger charge is -2.30. The van der Waals surface area contributed by atoms with Crippen LogP contribution < -0.4 is 10.6 Å². The molecular weight excluding hydrogens is 447 g/mol. The zero-order valence-corrected chi connectivity index (χ0v) is 18.0. The van der Waals surface area contributed by atoms with Crippen LogP contribution in [0.3, 0.4) is 0 Å². The number of nitrogens with zero attached hydrogens (tertiary/aromatic N) is 1. The maximum atomic E-state index is 13.6. The molecule has 0 unspecified atom stereocenters. The normalized spacial score (nSPS) is 15.4. The van der Waals surface area contributed by atoms with E-state index in [1.807, 2.05) is 6.92 Å². The van der Waals surface area contributed by atoms with Gasteiger partial charge in [-0.1, -0.05) is 17.7 Å². The zero-order valence-electron chi connectivity index (χ0n) is 17.2. The number of sulfonamides is 1. The fourth-order valence-electron chi connectivity index (χ4n) is 3.35. The quantitative estimate of drug-likeness (QED) is 0.636. The largest absolute Gasteiger partial charge is 0.347 e. The number of halogens is 3. The van der Waals surface area contributed by atoms with E-state index in [0.29, 0.717) is 6.07 Å². The second-order valence-electron chi connectivity index (χ2n) is 7.48. The van der Waals surface area contributed by atoms with E-state index in [9.17, 15) is 31.2 Å². The molecule has 0 aliphatic carbocycles. The van der Waals surface area contributed by atoms with Crippen LogP contribution in [0.2, 0.25) is 0 Å². The van der Waals surface area contributed by atoms with E-state index in [2.05, 4.69) is 10.6 Å². The molecule has 0 aromatic heterocycles. The Morgan fingerprint density at radius 1 is 1.00 bits per heavy atom. The Kier molecular flexibility index (Phi) is 7.19. The minimum Gasteiger partial charge on any atom is -0.347 e. The van der Waals surface area contributed by atoms with Gasteiger partial charge in [-0.3, -0.25) is 9.59 Å². The summed E-state index contributed by atoms with van der Waals surface area (Å²) in [5.41, 5.74) is 0.397. The van der Waals surface area contributed by atoms with Crippen LogP contribution in [0.1, 0.15) is 18.4 Å². The molecule has 11 heteroatoms. The summed E-state index contributed by atoms with van der Waals surface area (Å²) in [6.07, 6.45) is 0.548. The van der Waals surface area contributed by atoms with E-state index in [1.165, 1.54) is 16.4 Å². The Morgan fingerprint density at radius 3 is 2.25 bits per heavy atom. The second-order valence-corrected chi connectivity index (χ2v) is 9.42. The molecule has 1 heterocycles. The first kappa shape index (κ1) is 23.7. The molecule has 1 fully saturated rings. The second kappa shape index (κ2) is 9.70. The number of carbonyl (C=O) groups is 2. The van der Waals surface area contributed by atoms with Crippen molar-refractivity contribution >= 4 is 27.5 Å². The van der Waals surface area contributed by atoms with Crippen molar-refractivity contribution < 1.29 is 31.2 Å². The SMILES string of the molecule is Cc1ccc(S(=O)(=O)N2CCC(C(=O)NCC(=O)Nc3ccc(F)c(F)c3F)CC2)cc1. The number of benzene rings is 2. The fraction of sp³-hybridized carbons (Fsp3) is 0.333. The third-order valence-electron chi connectivity index (χ3n) is 5.22. The minimum absolute atomic E-state index is 0.153. The van der Waals surface area contributed by atoms with Crippen molar-refractivity contribution in [3.05, 3.63) is 59.4 Å². The van der Waals surface area contributed by atoms with Crippen LogP contribution in [-0.2, 0) is 19.6 Å². The lowest BCUT2D eigenvalue weighted by atomic mass is 9.97. The molecule has 0 spiro atoms. The molecule has 0 bridgehead atoms. The molecule has 2 N–H and O–H groups in total. The summed E-state index contributed by atoms with van der Waals surface area (Å²) >= 11 is 0. The highest BCUT2D eigenvalue weighted by molar-refractivity contribution is 7.89. The van der Waals surface area contributed by atoms with Crippen molar-refractivity contribution in [1.82, 2.24) is 9.62 Å². The lowest BCUT2D eigenvalue weighted by Crippen LogP contribution is -2.44. The first-order chi connectivity index (χ1) is 15.1. The fourth-order valence-corrected chi connectivity index (χ4v) is 4.82. The third-order valence-corrected chi connectivity index (χ3v) is 7.13. The standard InChI is InChI=1S/C21H22F3N3O4S/c1-13-2-4-15(5-3-13)32(30,31)27-10-8-14(9-11-27)21(29)25-12-18(28)26-17-7-6-16(22)19(23)20(17)24/h2-7,14H,8-12H2,1H3,(H,25,29)(H,26,28). The summed E-state index contributed by atoms with van der Waals surface area (Å²) < 4.78 is 66.6. The van der Waals surface area contributed by atoms with Crippen LogP contribution in [0.25, 0.3) is 0 Å². The number of carbonyl (C=O) groups excluding carboxylic acids is 2. The monoisotopic (exact) mass is 469 g/mol. The first-order valence-corrected chi connectivity index (χ1v) is 11.3. The van der Waals surface area contributed by atoms with Gasteiger partial charge >= 0.3 is 0 Å². The van der Waals surface area contributed by atoms with Crippen molar-refractivity contribution in [3.63, 3.8) is 0 Å². The van der Waals surface area contributed by atoms with Crippen LogP contribution in [0.15, 0.2) is 41.3 Å². The van der Waals surface area contributed by atoms with Crippen molar-refractivity contribution in [2.24, 2.45) is 5.92 Å². The summed E-state index contributed by atoms with van der Waals surface area (Å²) in [4.78, 5) is 24.4. The highest BCUT2D eigenvalue weighted by atomic mass is 32.2. The van der Waals surface area contributed by atoms with E-state index >= 15 is 0 Å². The van der Waals surface area contributed by atoms with Gasteiger partial charge in [-0.2, -0.15) is 4.31 Å². The number of piperidine rings is 1. The predicted molar refractivity (Wildman–Crippen MR) is 111 cm³/mol. The molecule has 2 amide bonds. The molecule has 32 heavy (non-hydrogen) atoms. The zero-order chi connectivity index (χ0) is 23.5.